The van der Waals surface area contributed by atoms with Crippen molar-refractivity contribution in [2.45, 2.75) is 19.6 Å². The molecule has 36 heavy (non-hydrogen) atoms. The molecule has 0 bridgehead atoms. The summed E-state index contributed by atoms with van der Waals surface area (Å²) in [6, 6.07) is 27.6. The fourth-order valence-corrected chi connectivity index (χ4v) is 4.95. The third-order valence-electron chi connectivity index (χ3n) is 6.72. The van der Waals surface area contributed by atoms with Crippen molar-refractivity contribution < 1.29 is 19.5 Å². The van der Waals surface area contributed by atoms with Gasteiger partial charge in [0.25, 0.3) is 0 Å². The Morgan fingerprint density at radius 3 is 2.47 bits per heavy atom. The molecule has 0 spiro atoms. The molecule has 1 aliphatic rings. The molecule has 0 saturated heterocycles. The van der Waals surface area contributed by atoms with Crippen LogP contribution >= 0.6 is 0 Å². The number of ketones is 1. The van der Waals surface area contributed by atoms with Crippen LogP contribution in [0.15, 0.2) is 96.2 Å². The van der Waals surface area contributed by atoms with E-state index in [4.69, 9.17) is 4.84 Å². The van der Waals surface area contributed by atoms with Crippen molar-refractivity contribution in [2.75, 3.05) is 0 Å². The summed E-state index contributed by atoms with van der Waals surface area (Å²) in [6.07, 6.45) is -0.962. The van der Waals surface area contributed by atoms with Gasteiger partial charge in [0.15, 0.2) is 5.78 Å². The van der Waals surface area contributed by atoms with Crippen LogP contribution in [0.3, 0.4) is 0 Å². The van der Waals surface area contributed by atoms with E-state index in [0.29, 0.717) is 28.0 Å². The number of nitrogens with zero attached hydrogens (tertiary/aromatic N) is 2. The number of aromatic nitrogens is 1. The van der Waals surface area contributed by atoms with E-state index in [1.54, 1.807) is 24.3 Å². The number of rotatable bonds is 4. The van der Waals surface area contributed by atoms with Crippen LogP contribution in [-0.4, -0.2) is 33.2 Å². The second kappa shape index (κ2) is 8.59. The number of oxime groups is 1. The summed E-state index contributed by atoms with van der Waals surface area (Å²) in [6.45, 7) is 2.18. The number of benzene rings is 4. The van der Waals surface area contributed by atoms with Crippen LogP contribution < -0.4 is 0 Å². The molecule has 2 heterocycles. The number of aliphatic hydroxyl groups is 1. The van der Waals surface area contributed by atoms with Crippen molar-refractivity contribution in [1.82, 2.24) is 4.57 Å². The minimum absolute atomic E-state index is 0.0305. The van der Waals surface area contributed by atoms with Gasteiger partial charge in [-0.2, -0.15) is 0 Å². The second-order valence-corrected chi connectivity index (χ2v) is 8.93. The van der Waals surface area contributed by atoms with Crippen molar-refractivity contribution in [3.8, 4) is 0 Å². The summed E-state index contributed by atoms with van der Waals surface area (Å²) >= 11 is 0. The van der Waals surface area contributed by atoms with E-state index in [0.717, 1.165) is 27.4 Å². The van der Waals surface area contributed by atoms with E-state index in [9.17, 15) is 14.7 Å². The molecule has 1 atom stereocenters. The minimum atomic E-state index is -0.962. The monoisotopic (exact) mass is 474 g/mol. The van der Waals surface area contributed by atoms with E-state index in [2.05, 4.69) is 5.16 Å². The summed E-state index contributed by atoms with van der Waals surface area (Å²) in [5.41, 5.74) is 5.38. The fraction of sp³-hybridized carbons (Fsp3) is 0.100. The van der Waals surface area contributed by atoms with E-state index in [1.165, 1.54) is 0 Å². The molecule has 6 nitrogen and oxygen atoms in total. The Bertz CT molecular complexity index is 1700. The van der Waals surface area contributed by atoms with Gasteiger partial charge in [-0.25, -0.2) is 4.79 Å². The van der Waals surface area contributed by atoms with Gasteiger partial charge in [0.1, 0.15) is 11.8 Å². The van der Waals surface area contributed by atoms with Crippen LogP contribution in [0, 0.1) is 6.92 Å². The highest BCUT2D eigenvalue weighted by molar-refractivity contribution is 6.21. The number of aliphatic hydroxyl groups excluding tert-OH is 1. The van der Waals surface area contributed by atoms with Crippen molar-refractivity contribution >= 4 is 39.3 Å². The van der Waals surface area contributed by atoms with Crippen LogP contribution in [0.1, 0.15) is 37.4 Å². The SMILES string of the molecule is Cc1ccccc1C(=O)c1ccc2c(c1)c1cccc3c1n2CC(O)/C3=N\OC(=O)c1ccccc1. The normalized spacial score (nSPS) is 15.9. The Balaban J connectivity index is 1.45. The predicted octanol–water partition coefficient (Wildman–Crippen LogP) is 5.27. The average molecular weight is 475 g/mol. The van der Waals surface area contributed by atoms with Gasteiger partial charge >= 0.3 is 5.97 Å². The number of carbonyl (C=O) groups is 2. The first-order valence-electron chi connectivity index (χ1n) is 11.7. The smallest absolute Gasteiger partial charge is 0.365 e. The molecule has 6 heteroatoms. The standard InChI is InChI=1S/C30H22N2O4/c1-18-8-5-6-11-21(18)29(34)20-14-15-25-24(16-20)22-12-7-13-23-27(26(33)17-32(25)28(22)23)31-36-30(35)19-9-3-2-4-10-19/h2-16,26,33H,17H2,1H3/b31-27-. The van der Waals surface area contributed by atoms with E-state index in [1.807, 2.05) is 78.2 Å². The highest BCUT2D eigenvalue weighted by atomic mass is 16.7. The molecular weight excluding hydrogens is 452 g/mol. The number of hydrogen-bond donors (Lipinski definition) is 1. The zero-order chi connectivity index (χ0) is 24.8. The Kier molecular flexibility index (Phi) is 5.24. The van der Waals surface area contributed by atoms with Crippen molar-refractivity contribution in [2.24, 2.45) is 5.16 Å². The molecule has 6 rings (SSSR count). The topological polar surface area (TPSA) is 80.9 Å². The maximum Gasteiger partial charge on any atom is 0.365 e. The van der Waals surface area contributed by atoms with Crippen LogP contribution in [0.4, 0.5) is 0 Å². The van der Waals surface area contributed by atoms with Gasteiger partial charge in [-0.1, -0.05) is 65.8 Å². The van der Waals surface area contributed by atoms with Crippen molar-refractivity contribution in [3.63, 3.8) is 0 Å². The number of aryl methyl sites for hydroxylation is 1. The first-order chi connectivity index (χ1) is 17.5. The van der Waals surface area contributed by atoms with Gasteiger partial charge in [0.2, 0.25) is 0 Å². The molecule has 1 unspecified atom stereocenters. The third kappa shape index (κ3) is 3.51. The molecule has 1 N–H and O–H groups in total. The summed E-state index contributed by atoms with van der Waals surface area (Å²) in [5.74, 6) is -0.620. The van der Waals surface area contributed by atoms with E-state index >= 15 is 0 Å². The summed E-state index contributed by atoms with van der Waals surface area (Å²) in [5, 5.41) is 16.9. The molecule has 4 aromatic carbocycles. The Hall–Kier alpha value is -4.55. The van der Waals surface area contributed by atoms with E-state index in [-0.39, 0.29) is 12.3 Å². The lowest BCUT2D eigenvalue weighted by molar-refractivity contribution is 0.0510. The first kappa shape index (κ1) is 21.9. The van der Waals surface area contributed by atoms with Gasteiger partial charge in [0.05, 0.1) is 17.6 Å². The number of carbonyl (C=O) groups excluding carboxylic acids is 2. The Morgan fingerprint density at radius 2 is 1.67 bits per heavy atom. The molecule has 0 radical (unpaired) electrons. The lowest BCUT2D eigenvalue weighted by Crippen LogP contribution is -2.32. The maximum atomic E-state index is 13.3. The Labute approximate surface area is 207 Å². The lowest BCUT2D eigenvalue weighted by atomic mass is 9.97. The zero-order valence-electron chi connectivity index (χ0n) is 19.5. The van der Waals surface area contributed by atoms with Crippen LogP contribution in [0.2, 0.25) is 0 Å². The maximum absolute atomic E-state index is 13.3. The highest BCUT2D eigenvalue weighted by Gasteiger charge is 2.29. The largest absolute Gasteiger partial charge is 0.385 e. The molecule has 1 aromatic heterocycles. The van der Waals surface area contributed by atoms with Gasteiger partial charge < -0.3 is 14.5 Å². The first-order valence-corrected chi connectivity index (χ1v) is 11.7. The molecule has 0 aliphatic carbocycles. The second-order valence-electron chi connectivity index (χ2n) is 8.93. The quantitative estimate of drug-likeness (QED) is 0.219. The number of fused-ring (bicyclic) bond motifs is 3. The third-order valence-corrected chi connectivity index (χ3v) is 6.72. The zero-order valence-corrected chi connectivity index (χ0v) is 19.5. The molecule has 0 saturated carbocycles. The van der Waals surface area contributed by atoms with Gasteiger partial charge in [-0.3, -0.25) is 4.79 Å². The van der Waals surface area contributed by atoms with Gasteiger partial charge in [-0.05, 0) is 42.8 Å². The van der Waals surface area contributed by atoms with Crippen LogP contribution in [0.25, 0.3) is 21.8 Å². The average Bonchev–Trinajstić information content (AvgIpc) is 3.22. The predicted molar refractivity (Wildman–Crippen MR) is 138 cm³/mol. The number of hydrogen-bond acceptors (Lipinski definition) is 5. The number of para-hydroxylation sites is 1. The molecule has 0 amide bonds. The highest BCUT2D eigenvalue weighted by Crippen LogP contribution is 2.36. The van der Waals surface area contributed by atoms with Gasteiger partial charge in [-0.15, -0.1) is 0 Å². The summed E-state index contributed by atoms with van der Waals surface area (Å²) in [4.78, 5) is 30.9. The minimum Gasteiger partial charge on any atom is -0.385 e. The van der Waals surface area contributed by atoms with Crippen LogP contribution in [-0.2, 0) is 11.4 Å². The molecular formula is C30H22N2O4. The molecule has 5 aromatic rings. The molecule has 1 aliphatic heterocycles. The fourth-order valence-electron chi connectivity index (χ4n) is 4.95. The van der Waals surface area contributed by atoms with E-state index < -0.39 is 12.1 Å². The van der Waals surface area contributed by atoms with Crippen LogP contribution in [0.5, 0.6) is 0 Å². The summed E-state index contributed by atoms with van der Waals surface area (Å²) < 4.78 is 2.03. The van der Waals surface area contributed by atoms with Gasteiger partial charge in [0, 0.05) is 33.0 Å². The molecule has 176 valence electrons. The van der Waals surface area contributed by atoms with Crippen molar-refractivity contribution in [3.05, 3.63) is 119 Å². The summed E-state index contributed by atoms with van der Waals surface area (Å²) in [7, 11) is 0. The Morgan fingerprint density at radius 1 is 0.889 bits per heavy atom. The lowest BCUT2D eigenvalue weighted by Gasteiger charge is -2.22. The van der Waals surface area contributed by atoms with Crippen molar-refractivity contribution in [1.29, 1.82) is 0 Å². The molecule has 0 fully saturated rings.